The van der Waals surface area contributed by atoms with Crippen molar-refractivity contribution in [3.05, 3.63) is 70.5 Å². The van der Waals surface area contributed by atoms with Crippen LogP contribution in [-0.4, -0.2) is 41.7 Å². The number of hydrogen-bond donors (Lipinski definition) is 2. The predicted octanol–water partition coefficient (Wildman–Crippen LogP) is 3.81. The topological polar surface area (TPSA) is 85.0 Å². The Labute approximate surface area is 195 Å². The lowest BCUT2D eigenvalue weighted by Crippen LogP contribution is -2.63. The number of carbonyl (C=O) groups is 1. The highest BCUT2D eigenvalue weighted by atomic mass is 16.6. The molecule has 0 amide bonds. The van der Waals surface area contributed by atoms with Crippen LogP contribution in [-0.2, 0) is 23.2 Å². The highest BCUT2D eigenvalue weighted by Gasteiger charge is 2.64. The van der Waals surface area contributed by atoms with Gasteiger partial charge in [0.1, 0.15) is 11.5 Å². The average Bonchev–Trinajstić information content (AvgIpc) is 3.19. The number of hydrogen-bond acceptors (Lipinski definition) is 6. The van der Waals surface area contributed by atoms with Gasteiger partial charge in [-0.25, -0.2) is 4.79 Å². The maximum absolute atomic E-state index is 13.0. The number of aliphatic hydroxyl groups excluding tert-OH is 1. The van der Waals surface area contributed by atoms with Gasteiger partial charge in [-0.3, -0.25) is 0 Å². The van der Waals surface area contributed by atoms with E-state index in [0.29, 0.717) is 29.0 Å². The molecule has 2 aliphatic carbocycles. The van der Waals surface area contributed by atoms with Crippen LogP contribution in [0.1, 0.15) is 53.7 Å². The van der Waals surface area contributed by atoms with Crippen LogP contribution in [0.3, 0.4) is 0 Å². The molecule has 174 valence electrons. The van der Waals surface area contributed by atoms with Gasteiger partial charge in [-0.1, -0.05) is 38.1 Å². The fourth-order valence-corrected chi connectivity index (χ4v) is 6.45. The number of nitrogens with two attached hydrogens (primary N) is 1. The molecule has 2 heterocycles. The first-order valence-electron chi connectivity index (χ1n) is 11.9. The van der Waals surface area contributed by atoms with Crippen LogP contribution in [0, 0.1) is 5.92 Å². The minimum atomic E-state index is -0.457. The molecule has 0 saturated carbocycles. The van der Waals surface area contributed by atoms with Crippen LogP contribution < -0.4 is 10.5 Å². The number of carbonyl (C=O) groups excluding carboxylic acids is 1. The lowest BCUT2D eigenvalue weighted by molar-refractivity contribution is -0.0271. The van der Waals surface area contributed by atoms with E-state index in [2.05, 4.69) is 18.0 Å². The minimum Gasteiger partial charge on any atom is -0.481 e. The standard InChI is InChI=1S/C25H26N2O4.C2H6/c1-27-11-10-25-17-8-9-20(30-24(29)16-4-2-3-5-18(16)26)23(25)31-22-15(13-28)7-6-14(21(22)25)12-19(17)27;1-2/h2-7,9,17,19,23,28H,8,10-13,26H2,1H3;1-2H3. The number of anilines is 1. The summed E-state index contributed by atoms with van der Waals surface area (Å²) in [5.74, 6) is 1.30. The molecule has 0 radical (unpaired) electrons. The van der Waals surface area contributed by atoms with E-state index < -0.39 is 5.97 Å². The van der Waals surface area contributed by atoms with Crippen LogP contribution >= 0.6 is 0 Å². The quantitative estimate of drug-likeness (QED) is 0.549. The zero-order valence-corrected chi connectivity index (χ0v) is 19.5. The second kappa shape index (κ2) is 8.19. The smallest absolute Gasteiger partial charge is 0.345 e. The van der Waals surface area contributed by atoms with E-state index >= 15 is 0 Å². The van der Waals surface area contributed by atoms with Crippen molar-refractivity contribution in [2.75, 3.05) is 19.3 Å². The molecule has 33 heavy (non-hydrogen) atoms. The minimum absolute atomic E-state index is 0.0706. The largest absolute Gasteiger partial charge is 0.481 e. The first-order chi connectivity index (χ1) is 16.0. The van der Waals surface area contributed by atoms with Crippen molar-refractivity contribution in [1.29, 1.82) is 0 Å². The Balaban J connectivity index is 0.00000111. The number of likely N-dealkylation sites (tertiary alicyclic amines) is 1. The zero-order valence-electron chi connectivity index (χ0n) is 19.5. The third-order valence-electron chi connectivity index (χ3n) is 7.89. The third kappa shape index (κ3) is 3.04. The molecule has 2 aliphatic heterocycles. The molecule has 3 N–H and O–H groups in total. The Morgan fingerprint density at radius 1 is 1.27 bits per heavy atom. The summed E-state index contributed by atoms with van der Waals surface area (Å²) in [5, 5.41) is 9.96. The SMILES string of the molecule is CC.CN1CCC23c4c5ccc(CO)c4OC2C(OC(=O)c2ccccc2N)=CCC3C1C5. The van der Waals surface area contributed by atoms with Gasteiger partial charge < -0.3 is 25.2 Å². The van der Waals surface area contributed by atoms with Crippen LogP contribution in [0.5, 0.6) is 5.75 Å². The number of esters is 1. The van der Waals surface area contributed by atoms with Gasteiger partial charge in [0.05, 0.1) is 12.2 Å². The summed E-state index contributed by atoms with van der Waals surface area (Å²) in [6, 6.07) is 11.5. The van der Waals surface area contributed by atoms with Crippen LogP contribution in [0.15, 0.2) is 48.2 Å². The zero-order chi connectivity index (χ0) is 23.3. The molecule has 0 aromatic heterocycles. The van der Waals surface area contributed by atoms with Gasteiger partial charge in [-0.2, -0.15) is 0 Å². The van der Waals surface area contributed by atoms with E-state index in [1.807, 2.05) is 26.0 Å². The summed E-state index contributed by atoms with van der Waals surface area (Å²) in [7, 11) is 2.20. The number of nitrogens with zero attached hydrogens (tertiary/aromatic N) is 1. The highest BCUT2D eigenvalue weighted by molar-refractivity contribution is 5.95. The van der Waals surface area contributed by atoms with Crippen molar-refractivity contribution in [2.24, 2.45) is 5.92 Å². The molecule has 4 unspecified atom stereocenters. The molecule has 1 saturated heterocycles. The Bertz CT molecular complexity index is 1130. The van der Waals surface area contributed by atoms with E-state index in [9.17, 15) is 9.90 Å². The molecule has 4 atom stereocenters. The van der Waals surface area contributed by atoms with Crippen molar-refractivity contribution in [2.45, 2.75) is 57.3 Å². The van der Waals surface area contributed by atoms with Gasteiger partial charge in [0.15, 0.2) is 6.10 Å². The first-order valence-corrected chi connectivity index (χ1v) is 11.9. The molecule has 6 heteroatoms. The molecule has 1 spiro atoms. The summed E-state index contributed by atoms with van der Waals surface area (Å²) < 4.78 is 12.5. The molecule has 6 nitrogen and oxygen atoms in total. The van der Waals surface area contributed by atoms with Crippen molar-refractivity contribution in [3.63, 3.8) is 0 Å². The first kappa shape index (κ1) is 22.0. The summed E-state index contributed by atoms with van der Waals surface area (Å²) in [6.45, 7) is 4.90. The number of nitrogen functional groups attached to an aromatic ring is 1. The van der Waals surface area contributed by atoms with Gasteiger partial charge in [0.25, 0.3) is 0 Å². The normalized spacial score (nSPS) is 28.6. The van der Waals surface area contributed by atoms with E-state index in [4.69, 9.17) is 15.2 Å². The lowest BCUT2D eigenvalue weighted by atomic mass is 9.53. The number of allylic oxidation sites excluding steroid dienone is 1. The highest BCUT2D eigenvalue weighted by Crippen LogP contribution is 2.62. The van der Waals surface area contributed by atoms with Crippen molar-refractivity contribution < 1.29 is 19.4 Å². The number of benzene rings is 2. The molecule has 6 rings (SSSR count). The molecule has 2 bridgehead atoms. The Hall–Kier alpha value is -2.83. The molecule has 4 aliphatic rings. The van der Waals surface area contributed by atoms with Gasteiger partial charge >= 0.3 is 5.97 Å². The fraction of sp³-hybridized carbons (Fsp3) is 0.444. The summed E-state index contributed by atoms with van der Waals surface area (Å²) >= 11 is 0. The van der Waals surface area contributed by atoms with E-state index in [-0.39, 0.29) is 18.1 Å². The van der Waals surface area contributed by atoms with Gasteiger partial charge in [0.2, 0.25) is 0 Å². The number of aliphatic hydroxyl groups is 1. The number of piperidine rings is 1. The molecule has 2 aromatic carbocycles. The Morgan fingerprint density at radius 3 is 2.82 bits per heavy atom. The molecular weight excluding hydrogens is 416 g/mol. The number of rotatable bonds is 3. The molecule has 2 aromatic rings. The number of ether oxygens (including phenoxy) is 2. The van der Waals surface area contributed by atoms with Crippen molar-refractivity contribution in [1.82, 2.24) is 4.90 Å². The Kier molecular flexibility index (Phi) is 5.46. The average molecular weight is 449 g/mol. The summed E-state index contributed by atoms with van der Waals surface area (Å²) in [4.78, 5) is 15.4. The maximum atomic E-state index is 13.0. The van der Waals surface area contributed by atoms with E-state index in [1.165, 1.54) is 11.1 Å². The second-order valence-corrected chi connectivity index (χ2v) is 9.21. The lowest BCUT2D eigenvalue weighted by Gasteiger charge is -2.56. The summed E-state index contributed by atoms with van der Waals surface area (Å²) in [6.07, 6.45) is 4.43. The van der Waals surface area contributed by atoms with E-state index in [1.54, 1.807) is 24.3 Å². The molecular formula is C27H32N2O4. The van der Waals surface area contributed by atoms with Crippen LogP contribution in [0.4, 0.5) is 5.69 Å². The number of likely N-dealkylation sites (N-methyl/N-ethyl adjacent to an activating group) is 1. The van der Waals surface area contributed by atoms with Crippen molar-refractivity contribution in [3.8, 4) is 5.75 Å². The molecule has 1 fully saturated rings. The van der Waals surface area contributed by atoms with Gasteiger partial charge in [-0.05, 0) is 62.5 Å². The van der Waals surface area contributed by atoms with E-state index in [0.717, 1.165) is 37.1 Å². The maximum Gasteiger partial charge on any atom is 0.345 e. The predicted molar refractivity (Wildman–Crippen MR) is 127 cm³/mol. The van der Waals surface area contributed by atoms with Gasteiger partial charge in [-0.15, -0.1) is 0 Å². The van der Waals surface area contributed by atoms with Gasteiger partial charge in [0, 0.05) is 28.3 Å². The number of para-hydroxylation sites is 1. The fourth-order valence-electron chi connectivity index (χ4n) is 6.45. The van der Waals surface area contributed by atoms with Crippen LogP contribution in [0.2, 0.25) is 0 Å². The van der Waals surface area contributed by atoms with Crippen LogP contribution in [0.25, 0.3) is 0 Å². The monoisotopic (exact) mass is 448 g/mol. The van der Waals surface area contributed by atoms with Crippen molar-refractivity contribution >= 4 is 11.7 Å². The summed E-state index contributed by atoms with van der Waals surface area (Å²) in [5.41, 5.74) is 9.87. The Morgan fingerprint density at radius 2 is 2.06 bits per heavy atom. The second-order valence-electron chi connectivity index (χ2n) is 9.21. The third-order valence-corrected chi connectivity index (χ3v) is 7.89.